The summed E-state index contributed by atoms with van der Waals surface area (Å²) in [6.07, 6.45) is 3.25. The number of phenols is 1. The zero-order valence-corrected chi connectivity index (χ0v) is 19.0. The summed E-state index contributed by atoms with van der Waals surface area (Å²) in [6.45, 7) is 3.82. The fraction of sp³-hybridized carbons (Fsp3) is 0.333. The largest absolute Gasteiger partial charge is 0.507 e. The third-order valence-electron chi connectivity index (χ3n) is 7.37. The minimum absolute atomic E-state index is 0.0598. The number of ether oxygens (including phenoxy) is 2. The predicted octanol–water partition coefficient (Wildman–Crippen LogP) is 4.50. The second-order valence-corrected chi connectivity index (χ2v) is 9.22. The highest BCUT2D eigenvalue weighted by Gasteiger charge is 2.62. The molecule has 33 heavy (non-hydrogen) atoms. The number of aryl methyl sites for hydroxylation is 1. The fourth-order valence-corrected chi connectivity index (χ4v) is 5.87. The second-order valence-electron chi connectivity index (χ2n) is 9.22. The predicted molar refractivity (Wildman–Crippen MR) is 125 cm³/mol. The molecule has 3 aromatic rings. The van der Waals surface area contributed by atoms with Gasteiger partial charge in [-0.15, -0.1) is 0 Å². The Kier molecular flexibility index (Phi) is 4.85. The van der Waals surface area contributed by atoms with Crippen molar-refractivity contribution in [2.75, 3.05) is 7.11 Å². The number of imide groups is 1. The van der Waals surface area contributed by atoms with E-state index in [9.17, 15) is 14.7 Å². The standard InChI is InChI=1S/C27H27NO5/c1-16-13-17-10-11-20(30)24-23(17)22(14-16)33-27(24)19-8-6-9-21(32-3)18(19)7-4-5-12-26(27,2)25(31)28-15-29/h6,8-11,13-15,30H,4-5,7,12H2,1-3H3,(H,28,29,31)/t26-,27-/m0/s1. The lowest BCUT2D eigenvalue weighted by Crippen LogP contribution is -2.56. The number of benzene rings is 3. The van der Waals surface area contributed by atoms with Gasteiger partial charge in [0.2, 0.25) is 12.3 Å². The summed E-state index contributed by atoms with van der Waals surface area (Å²) in [4.78, 5) is 25.0. The van der Waals surface area contributed by atoms with E-state index in [4.69, 9.17) is 9.47 Å². The summed E-state index contributed by atoms with van der Waals surface area (Å²) in [5.74, 6) is 0.961. The molecule has 0 aromatic heterocycles. The molecule has 2 aliphatic rings. The topological polar surface area (TPSA) is 84.9 Å². The maximum atomic E-state index is 13.6. The number of phenolic OH excluding ortho intramolecular Hbond substituents is 1. The number of hydrogen-bond donors (Lipinski definition) is 2. The average molecular weight is 446 g/mol. The highest BCUT2D eigenvalue weighted by molar-refractivity contribution is 6.00. The van der Waals surface area contributed by atoms with Crippen molar-refractivity contribution < 1.29 is 24.2 Å². The van der Waals surface area contributed by atoms with Crippen LogP contribution in [0.1, 0.15) is 48.4 Å². The van der Waals surface area contributed by atoms with E-state index in [1.165, 1.54) is 0 Å². The zero-order valence-electron chi connectivity index (χ0n) is 19.0. The molecule has 0 saturated carbocycles. The minimum atomic E-state index is -1.34. The maximum absolute atomic E-state index is 13.6. The molecule has 0 unspecified atom stereocenters. The minimum Gasteiger partial charge on any atom is -0.507 e. The molecule has 1 spiro atoms. The van der Waals surface area contributed by atoms with Crippen LogP contribution in [0.15, 0.2) is 42.5 Å². The van der Waals surface area contributed by atoms with Crippen molar-refractivity contribution in [1.82, 2.24) is 5.32 Å². The van der Waals surface area contributed by atoms with Crippen LogP contribution in [-0.2, 0) is 21.6 Å². The van der Waals surface area contributed by atoms with E-state index in [1.54, 1.807) is 13.2 Å². The molecule has 6 nitrogen and oxygen atoms in total. The molecular weight excluding hydrogens is 418 g/mol. The van der Waals surface area contributed by atoms with Gasteiger partial charge in [0.1, 0.15) is 17.2 Å². The van der Waals surface area contributed by atoms with Gasteiger partial charge >= 0.3 is 0 Å². The van der Waals surface area contributed by atoms with E-state index >= 15 is 0 Å². The smallest absolute Gasteiger partial charge is 0.237 e. The van der Waals surface area contributed by atoms with Gasteiger partial charge in [0, 0.05) is 16.5 Å². The lowest BCUT2D eigenvalue weighted by atomic mass is 9.60. The van der Waals surface area contributed by atoms with Gasteiger partial charge < -0.3 is 14.6 Å². The van der Waals surface area contributed by atoms with E-state index in [0.29, 0.717) is 29.9 Å². The Bertz CT molecular complexity index is 1300. The molecule has 2 amide bonds. The number of rotatable bonds is 3. The van der Waals surface area contributed by atoms with Crippen molar-refractivity contribution >= 4 is 23.1 Å². The monoisotopic (exact) mass is 445 g/mol. The first-order chi connectivity index (χ1) is 15.9. The summed E-state index contributed by atoms with van der Waals surface area (Å²) in [5, 5.41) is 15.4. The Balaban J connectivity index is 1.96. The SMILES string of the molecule is COc1cccc2c1CCCC[C@@](C)(C(=O)NC=O)[C@]21Oc2cc(C)cc3ccc(O)c1c23. The number of amides is 2. The Labute approximate surface area is 192 Å². The van der Waals surface area contributed by atoms with Crippen LogP contribution in [0.2, 0.25) is 0 Å². The molecule has 1 heterocycles. The van der Waals surface area contributed by atoms with Gasteiger partial charge in [-0.25, -0.2) is 0 Å². The van der Waals surface area contributed by atoms with Crippen LogP contribution in [0.4, 0.5) is 0 Å². The molecule has 170 valence electrons. The van der Waals surface area contributed by atoms with Gasteiger partial charge in [0.05, 0.1) is 18.1 Å². The normalized spacial score (nSPS) is 23.4. The van der Waals surface area contributed by atoms with Crippen molar-refractivity contribution in [2.24, 2.45) is 5.41 Å². The highest BCUT2D eigenvalue weighted by Crippen LogP contribution is 2.62. The number of aromatic hydroxyl groups is 1. The van der Waals surface area contributed by atoms with Gasteiger partial charge in [0.15, 0.2) is 5.60 Å². The number of hydrogen-bond acceptors (Lipinski definition) is 5. The van der Waals surface area contributed by atoms with E-state index in [-0.39, 0.29) is 5.75 Å². The van der Waals surface area contributed by atoms with Gasteiger partial charge in [-0.05, 0) is 62.3 Å². The van der Waals surface area contributed by atoms with E-state index in [0.717, 1.165) is 46.7 Å². The van der Waals surface area contributed by atoms with Crippen molar-refractivity contribution in [2.45, 2.75) is 45.1 Å². The van der Waals surface area contributed by atoms with Crippen LogP contribution in [0, 0.1) is 12.3 Å². The van der Waals surface area contributed by atoms with E-state index < -0.39 is 16.9 Å². The molecule has 0 fully saturated rings. The third kappa shape index (κ3) is 2.79. The van der Waals surface area contributed by atoms with Crippen LogP contribution >= 0.6 is 0 Å². The summed E-state index contributed by atoms with van der Waals surface area (Å²) in [5.41, 5.74) is 0.780. The molecule has 6 heteroatoms. The molecule has 2 atom stereocenters. The number of fused-ring (bicyclic) bond motifs is 3. The first kappa shape index (κ1) is 21.3. The first-order valence-electron chi connectivity index (χ1n) is 11.2. The lowest BCUT2D eigenvalue weighted by molar-refractivity contribution is -0.144. The molecule has 1 aliphatic carbocycles. The van der Waals surface area contributed by atoms with Crippen molar-refractivity contribution in [3.8, 4) is 17.2 Å². The third-order valence-corrected chi connectivity index (χ3v) is 7.37. The van der Waals surface area contributed by atoms with Gasteiger partial charge in [-0.3, -0.25) is 14.9 Å². The molecule has 0 bridgehead atoms. The van der Waals surface area contributed by atoms with E-state index in [2.05, 4.69) is 5.32 Å². The molecule has 5 rings (SSSR count). The number of methoxy groups -OCH3 is 1. The summed E-state index contributed by atoms with van der Waals surface area (Å²) < 4.78 is 12.6. The Morgan fingerprint density at radius 2 is 2.03 bits per heavy atom. The van der Waals surface area contributed by atoms with Crippen molar-refractivity contribution in [3.05, 3.63) is 64.7 Å². The van der Waals surface area contributed by atoms with Gasteiger partial charge in [-0.1, -0.05) is 30.7 Å². The maximum Gasteiger partial charge on any atom is 0.237 e. The second kappa shape index (κ2) is 7.51. The highest BCUT2D eigenvalue weighted by atomic mass is 16.5. The Morgan fingerprint density at radius 1 is 1.21 bits per heavy atom. The average Bonchev–Trinajstić information content (AvgIpc) is 3.15. The van der Waals surface area contributed by atoms with Crippen LogP contribution in [-0.4, -0.2) is 24.5 Å². The van der Waals surface area contributed by atoms with Crippen LogP contribution in [0.25, 0.3) is 10.8 Å². The molecule has 0 radical (unpaired) electrons. The van der Waals surface area contributed by atoms with Gasteiger partial charge in [-0.2, -0.15) is 0 Å². The zero-order chi connectivity index (χ0) is 23.4. The Morgan fingerprint density at radius 3 is 2.79 bits per heavy atom. The van der Waals surface area contributed by atoms with E-state index in [1.807, 2.05) is 50.2 Å². The molecule has 3 aromatic carbocycles. The summed E-state index contributed by atoms with van der Waals surface area (Å²) in [6, 6.07) is 13.3. The fourth-order valence-electron chi connectivity index (χ4n) is 5.87. The van der Waals surface area contributed by atoms with Crippen molar-refractivity contribution in [1.29, 1.82) is 0 Å². The number of carbonyl (C=O) groups excluding carboxylic acids is 2. The number of carbonyl (C=O) groups is 2. The summed E-state index contributed by atoms with van der Waals surface area (Å²) >= 11 is 0. The lowest BCUT2D eigenvalue weighted by Gasteiger charge is -2.47. The van der Waals surface area contributed by atoms with Crippen LogP contribution < -0.4 is 14.8 Å². The van der Waals surface area contributed by atoms with Crippen LogP contribution in [0.3, 0.4) is 0 Å². The summed E-state index contributed by atoms with van der Waals surface area (Å²) in [7, 11) is 1.63. The molecular formula is C27H27NO5. The molecule has 2 N–H and O–H groups in total. The number of nitrogens with one attached hydrogen (secondary N) is 1. The van der Waals surface area contributed by atoms with Crippen molar-refractivity contribution in [3.63, 3.8) is 0 Å². The Hall–Kier alpha value is -3.54. The molecule has 1 aliphatic heterocycles. The quantitative estimate of drug-likeness (QED) is 0.580. The molecule has 0 saturated heterocycles. The van der Waals surface area contributed by atoms with Gasteiger partial charge in [0.25, 0.3) is 0 Å². The van der Waals surface area contributed by atoms with Crippen LogP contribution in [0.5, 0.6) is 17.2 Å². The first-order valence-corrected chi connectivity index (χ1v) is 11.2.